The van der Waals surface area contributed by atoms with Gasteiger partial charge in [-0.05, 0) is 47.5 Å². The van der Waals surface area contributed by atoms with Crippen LogP contribution in [-0.4, -0.2) is 17.1 Å². The molecule has 1 aromatic rings. The number of ether oxygens (including phenoxy) is 1. The molecule has 0 amide bonds. The molecule has 0 unspecified atom stereocenters. The largest absolute Gasteiger partial charge is 0.370 e. The molecule has 0 radical (unpaired) electrons. The number of methoxy groups -OCH3 is 1. The fourth-order valence-electron chi connectivity index (χ4n) is 2.21. The second-order valence-electron chi connectivity index (χ2n) is 5.25. The molecule has 0 aromatic carbocycles. The van der Waals surface area contributed by atoms with Crippen LogP contribution in [0.2, 0.25) is 5.15 Å². The summed E-state index contributed by atoms with van der Waals surface area (Å²) >= 11 is 9.67. The van der Waals surface area contributed by atoms with Crippen LogP contribution in [0.3, 0.4) is 0 Å². The van der Waals surface area contributed by atoms with E-state index in [-0.39, 0.29) is 5.60 Å². The van der Waals surface area contributed by atoms with Gasteiger partial charge in [-0.2, -0.15) is 0 Å². The van der Waals surface area contributed by atoms with Crippen molar-refractivity contribution in [1.29, 1.82) is 0 Å². The molecule has 0 N–H and O–H groups in total. The van der Waals surface area contributed by atoms with Gasteiger partial charge < -0.3 is 4.74 Å². The summed E-state index contributed by atoms with van der Waals surface area (Å²) in [7, 11) is 1.72. The molecular weight excluding hydrogens is 316 g/mol. The van der Waals surface area contributed by atoms with E-state index in [1.54, 1.807) is 7.11 Å². The minimum atomic E-state index is -0.309. The van der Waals surface area contributed by atoms with Crippen LogP contribution in [0.25, 0.3) is 0 Å². The third kappa shape index (κ3) is 2.56. The van der Waals surface area contributed by atoms with Crippen molar-refractivity contribution in [3.05, 3.63) is 21.1 Å². The van der Waals surface area contributed by atoms with Crippen LogP contribution in [-0.2, 0) is 16.8 Å². The predicted molar refractivity (Wildman–Crippen MR) is 75.8 cm³/mol. The van der Waals surface area contributed by atoms with E-state index in [4.69, 9.17) is 16.3 Å². The predicted octanol–water partition coefficient (Wildman–Crippen LogP) is 4.12. The number of aromatic nitrogens is 2. The maximum Gasteiger partial charge on any atom is 0.162 e. The van der Waals surface area contributed by atoms with Crippen molar-refractivity contribution < 1.29 is 4.74 Å². The number of rotatable bonds is 4. The van der Waals surface area contributed by atoms with E-state index in [0.717, 1.165) is 41.7 Å². The summed E-state index contributed by atoms with van der Waals surface area (Å²) in [5.41, 5.74) is 0.666. The van der Waals surface area contributed by atoms with Crippen LogP contribution in [0.1, 0.15) is 44.6 Å². The van der Waals surface area contributed by atoms with Crippen molar-refractivity contribution in [2.24, 2.45) is 5.92 Å². The van der Waals surface area contributed by atoms with E-state index in [1.165, 1.54) is 0 Å². The lowest BCUT2D eigenvalue weighted by Gasteiger charge is -2.39. The van der Waals surface area contributed by atoms with Crippen LogP contribution in [0.4, 0.5) is 0 Å². The van der Waals surface area contributed by atoms with Gasteiger partial charge in [-0.25, -0.2) is 9.97 Å². The Morgan fingerprint density at radius 1 is 1.39 bits per heavy atom. The zero-order valence-corrected chi connectivity index (χ0v) is 13.3. The highest BCUT2D eigenvalue weighted by Crippen LogP contribution is 2.43. The molecule has 5 heteroatoms. The average Bonchev–Trinajstić information content (AvgIpc) is 2.23. The smallest absolute Gasteiger partial charge is 0.162 e. The molecule has 2 rings (SSSR count). The fourth-order valence-corrected chi connectivity index (χ4v) is 2.73. The molecule has 18 heavy (non-hydrogen) atoms. The molecular formula is C13H18BrClN2O. The zero-order valence-electron chi connectivity index (χ0n) is 11.0. The van der Waals surface area contributed by atoms with E-state index < -0.39 is 0 Å². The Hall–Kier alpha value is -0.190. The molecule has 1 heterocycles. The second-order valence-corrected chi connectivity index (χ2v) is 6.40. The summed E-state index contributed by atoms with van der Waals surface area (Å²) in [4.78, 5) is 9.06. The van der Waals surface area contributed by atoms with E-state index in [9.17, 15) is 0 Å². The standard InChI is InChI=1S/C13H18BrClN2O/c1-8(2)7-9-10(14)11(15)17-12(16-9)13(18-3)5-4-6-13/h8H,4-7H2,1-3H3. The third-order valence-electron chi connectivity index (χ3n) is 3.44. The number of hydrogen-bond acceptors (Lipinski definition) is 3. The molecule has 100 valence electrons. The molecule has 1 saturated carbocycles. The van der Waals surface area contributed by atoms with E-state index in [0.29, 0.717) is 11.1 Å². The van der Waals surface area contributed by atoms with Crippen LogP contribution in [0.15, 0.2) is 4.47 Å². The Kier molecular flexibility index (Phi) is 4.29. The van der Waals surface area contributed by atoms with Gasteiger partial charge in [-0.15, -0.1) is 0 Å². The lowest BCUT2D eigenvalue weighted by atomic mass is 9.79. The van der Waals surface area contributed by atoms with Crippen LogP contribution in [0, 0.1) is 5.92 Å². The Bertz CT molecular complexity index is 441. The summed E-state index contributed by atoms with van der Waals surface area (Å²) in [5.74, 6) is 1.26. The lowest BCUT2D eigenvalue weighted by Crippen LogP contribution is -2.38. The Morgan fingerprint density at radius 2 is 2.06 bits per heavy atom. The van der Waals surface area contributed by atoms with Gasteiger partial charge in [0.15, 0.2) is 5.82 Å². The minimum absolute atomic E-state index is 0.309. The first-order chi connectivity index (χ1) is 8.48. The second kappa shape index (κ2) is 5.43. The molecule has 1 aliphatic rings. The first-order valence-corrected chi connectivity index (χ1v) is 7.43. The topological polar surface area (TPSA) is 35.0 Å². The maximum absolute atomic E-state index is 6.19. The van der Waals surface area contributed by atoms with Crippen molar-refractivity contribution in [1.82, 2.24) is 9.97 Å². The molecule has 0 saturated heterocycles. The van der Waals surface area contributed by atoms with E-state index in [2.05, 4.69) is 39.7 Å². The van der Waals surface area contributed by atoms with Crippen LogP contribution in [0.5, 0.6) is 0 Å². The molecule has 1 fully saturated rings. The van der Waals surface area contributed by atoms with Crippen LogP contribution >= 0.6 is 27.5 Å². The van der Waals surface area contributed by atoms with Gasteiger partial charge in [0.25, 0.3) is 0 Å². The monoisotopic (exact) mass is 332 g/mol. The number of halogens is 2. The Morgan fingerprint density at radius 3 is 2.50 bits per heavy atom. The maximum atomic E-state index is 6.19. The first-order valence-electron chi connectivity index (χ1n) is 6.26. The normalized spacial score (nSPS) is 17.9. The van der Waals surface area contributed by atoms with Gasteiger partial charge in [0.05, 0.1) is 10.2 Å². The molecule has 0 spiro atoms. The Labute approximate surface area is 121 Å². The highest BCUT2D eigenvalue weighted by molar-refractivity contribution is 9.10. The summed E-state index contributed by atoms with van der Waals surface area (Å²) in [6.45, 7) is 4.33. The molecule has 3 nitrogen and oxygen atoms in total. The molecule has 0 bridgehead atoms. The first kappa shape index (κ1) is 14.2. The molecule has 0 atom stereocenters. The van der Waals surface area contributed by atoms with E-state index in [1.807, 2.05) is 0 Å². The summed E-state index contributed by atoms with van der Waals surface area (Å²) in [5, 5.41) is 0.485. The van der Waals surface area contributed by atoms with Crippen molar-refractivity contribution in [3.63, 3.8) is 0 Å². The van der Waals surface area contributed by atoms with Crippen LogP contribution < -0.4 is 0 Å². The van der Waals surface area contributed by atoms with Gasteiger partial charge in [0, 0.05) is 7.11 Å². The Balaban J connectivity index is 2.40. The third-order valence-corrected chi connectivity index (χ3v) is 4.78. The van der Waals surface area contributed by atoms with Gasteiger partial charge in [-0.3, -0.25) is 0 Å². The fraction of sp³-hybridized carbons (Fsp3) is 0.692. The van der Waals surface area contributed by atoms with Crippen molar-refractivity contribution >= 4 is 27.5 Å². The highest BCUT2D eigenvalue weighted by atomic mass is 79.9. The number of nitrogens with zero attached hydrogens (tertiary/aromatic N) is 2. The van der Waals surface area contributed by atoms with Crippen molar-refractivity contribution in [3.8, 4) is 0 Å². The summed E-state index contributed by atoms with van der Waals surface area (Å²) < 4.78 is 6.43. The average molecular weight is 334 g/mol. The minimum Gasteiger partial charge on any atom is -0.370 e. The SMILES string of the molecule is COC1(c2nc(Cl)c(Br)c(CC(C)C)n2)CCC1. The van der Waals surface area contributed by atoms with Gasteiger partial charge in [0.1, 0.15) is 10.8 Å². The van der Waals surface area contributed by atoms with Crippen molar-refractivity contribution in [2.45, 2.75) is 45.1 Å². The number of hydrogen-bond donors (Lipinski definition) is 0. The highest BCUT2D eigenvalue weighted by Gasteiger charge is 2.42. The molecule has 1 aliphatic carbocycles. The van der Waals surface area contributed by atoms with Gasteiger partial charge >= 0.3 is 0 Å². The lowest BCUT2D eigenvalue weighted by molar-refractivity contribution is -0.0848. The van der Waals surface area contributed by atoms with E-state index >= 15 is 0 Å². The molecule has 0 aliphatic heterocycles. The molecule has 1 aromatic heterocycles. The van der Waals surface area contributed by atoms with Gasteiger partial charge in [-0.1, -0.05) is 25.4 Å². The van der Waals surface area contributed by atoms with Crippen molar-refractivity contribution in [2.75, 3.05) is 7.11 Å². The summed E-state index contributed by atoms with van der Waals surface area (Å²) in [6, 6.07) is 0. The zero-order chi connectivity index (χ0) is 13.3. The quantitative estimate of drug-likeness (QED) is 0.778. The summed E-state index contributed by atoms with van der Waals surface area (Å²) in [6.07, 6.45) is 3.99. The van der Waals surface area contributed by atoms with Gasteiger partial charge in [0.2, 0.25) is 0 Å².